The molecule has 1 atom stereocenters. The third-order valence-corrected chi connectivity index (χ3v) is 4.50. The molecule has 110 valence electrons. The van der Waals surface area contributed by atoms with E-state index in [1.807, 2.05) is 13.1 Å². The van der Waals surface area contributed by atoms with Gasteiger partial charge in [0.25, 0.3) is 0 Å². The Morgan fingerprint density at radius 1 is 1.10 bits per heavy atom. The van der Waals surface area contributed by atoms with Gasteiger partial charge in [-0.05, 0) is 57.4 Å². The molecule has 2 aromatic rings. The molecule has 0 amide bonds. The highest BCUT2D eigenvalue weighted by Crippen LogP contribution is 2.32. The van der Waals surface area contributed by atoms with Crippen LogP contribution < -0.4 is 10.1 Å². The van der Waals surface area contributed by atoms with Gasteiger partial charge in [0, 0.05) is 0 Å². The third kappa shape index (κ3) is 2.84. The molecule has 0 bridgehead atoms. The monoisotopic (exact) mass is 347 g/mol. The largest absolute Gasteiger partial charge is 0.496 e. The fourth-order valence-electron chi connectivity index (χ4n) is 2.76. The quantitative estimate of drug-likeness (QED) is 0.912. The highest BCUT2D eigenvalue weighted by molar-refractivity contribution is 9.10. The molecule has 1 heterocycles. The van der Waals surface area contributed by atoms with E-state index >= 15 is 0 Å². The van der Waals surface area contributed by atoms with Crippen molar-refractivity contribution in [2.75, 3.05) is 14.2 Å². The predicted octanol–water partition coefficient (Wildman–Crippen LogP) is 3.80. The van der Waals surface area contributed by atoms with Gasteiger partial charge in [0.1, 0.15) is 5.75 Å². The van der Waals surface area contributed by atoms with Crippen molar-refractivity contribution in [3.05, 3.63) is 63.1 Å². The Kier molecular flexibility index (Phi) is 4.29. The number of halogens is 1. The van der Waals surface area contributed by atoms with E-state index in [0.717, 1.165) is 16.8 Å². The van der Waals surface area contributed by atoms with Crippen molar-refractivity contribution in [2.24, 2.45) is 0 Å². The normalized spacial score (nSPS) is 14.8. The van der Waals surface area contributed by atoms with Crippen LogP contribution in [0, 0.1) is 0 Å². The summed E-state index contributed by atoms with van der Waals surface area (Å²) in [5.74, 6) is 0.843. The second kappa shape index (κ2) is 6.18. The van der Waals surface area contributed by atoms with E-state index in [4.69, 9.17) is 9.47 Å². The lowest BCUT2D eigenvalue weighted by atomic mass is 9.96. The number of rotatable bonds is 4. The van der Waals surface area contributed by atoms with Crippen LogP contribution in [0.15, 0.2) is 40.9 Å². The smallest absolute Gasteiger partial charge is 0.133 e. The Labute approximate surface area is 133 Å². The van der Waals surface area contributed by atoms with Crippen LogP contribution in [0.25, 0.3) is 0 Å². The van der Waals surface area contributed by atoms with Gasteiger partial charge in [-0.2, -0.15) is 0 Å². The van der Waals surface area contributed by atoms with E-state index in [2.05, 4.69) is 51.6 Å². The summed E-state index contributed by atoms with van der Waals surface area (Å²) >= 11 is 3.55. The van der Waals surface area contributed by atoms with Gasteiger partial charge in [0.2, 0.25) is 0 Å². The maximum Gasteiger partial charge on any atom is 0.133 e. The summed E-state index contributed by atoms with van der Waals surface area (Å²) in [7, 11) is 3.66. The third-order valence-electron chi connectivity index (χ3n) is 3.88. The molecule has 1 aliphatic heterocycles. The zero-order chi connectivity index (χ0) is 14.8. The summed E-state index contributed by atoms with van der Waals surface area (Å²) in [5, 5.41) is 3.39. The van der Waals surface area contributed by atoms with Gasteiger partial charge in [-0.3, -0.25) is 0 Å². The van der Waals surface area contributed by atoms with Crippen molar-refractivity contribution in [2.45, 2.75) is 19.3 Å². The molecule has 1 unspecified atom stereocenters. The molecule has 2 aromatic carbocycles. The standard InChI is InChI=1S/C17H18BrNO2/c1-19-17(12-5-6-16(20-2)15(18)8-12)11-3-4-13-9-21-10-14(13)7-11/h3-8,17,19H,9-10H2,1-2H3. The van der Waals surface area contributed by atoms with Crippen LogP contribution in [-0.2, 0) is 18.0 Å². The SMILES string of the molecule is CNC(c1ccc(OC)c(Br)c1)c1ccc2c(c1)COC2. The predicted molar refractivity (Wildman–Crippen MR) is 86.5 cm³/mol. The lowest BCUT2D eigenvalue weighted by Gasteiger charge is -2.19. The second-order valence-corrected chi connectivity index (χ2v) is 5.99. The van der Waals surface area contributed by atoms with Gasteiger partial charge in [-0.15, -0.1) is 0 Å². The fraction of sp³-hybridized carbons (Fsp3) is 0.294. The highest BCUT2D eigenvalue weighted by atomic mass is 79.9. The molecule has 3 nitrogen and oxygen atoms in total. The van der Waals surface area contributed by atoms with Crippen LogP contribution in [0.4, 0.5) is 0 Å². The maximum absolute atomic E-state index is 5.49. The second-order valence-electron chi connectivity index (χ2n) is 5.14. The minimum Gasteiger partial charge on any atom is -0.496 e. The summed E-state index contributed by atoms with van der Waals surface area (Å²) in [4.78, 5) is 0. The van der Waals surface area contributed by atoms with Crippen molar-refractivity contribution in [3.8, 4) is 5.75 Å². The zero-order valence-corrected chi connectivity index (χ0v) is 13.7. The number of nitrogens with one attached hydrogen (secondary N) is 1. The van der Waals surface area contributed by atoms with Gasteiger partial charge >= 0.3 is 0 Å². The molecular formula is C17H18BrNO2. The number of ether oxygens (including phenoxy) is 2. The summed E-state index contributed by atoms with van der Waals surface area (Å²) < 4.78 is 11.8. The van der Waals surface area contributed by atoms with Gasteiger partial charge in [0.05, 0.1) is 30.8 Å². The Bertz CT molecular complexity index is 657. The Morgan fingerprint density at radius 2 is 1.81 bits per heavy atom. The number of benzene rings is 2. The average Bonchev–Trinajstić information content (AvgIpc) is 2.96. The average molecular weight is 348 g/mol. The van der Waals surface area contributed by atoms with Crippen LogP contribution in [0.3, 0.4) is 0 Å². The minimum absolute atomic E-state index is 0.151. The lowest BCUT2D eigenvalue weighted by molar-refractivity contribution is 0.134. The summed E-state index contributed by atoms with van der Waals surface area (Å²) in [5.41, 5.74) is 5.03. The molecule has 21 heavy (non-hydrogen) atoms. The summed E-state index contributed by atoms with van der Waals surface area (Å²) in [6.45, 7) is 1.44. The molecule has 0 radical (unpaired) electrons. The van der Waals surface area contributed by atoms with Crippen LogP contribution in [-0.4, -0.2) is 14.2 Å². The number of hydrogen-bond donors (Lipinski definition) is 1. The van der Waals surface area contributed by atoms with E-state index in [9.17, 15) is 0 Å². The molecule has 0 fully saturated rings. The Balaban J connectivity index is 1.96. The van der Waals surface area contributed by atoms with Crippen molar-refractivity contribution >= 4 is 15.9 Å². The van der Waals surface area contributed by atoms with E-state index in [0.29, 0.717) is 6.61 Å². The molecule has 0 aromatic heterocycles. The first-order valence-corrected chi connectivity index (χ1v) is 7.72. The topological polar surface area (TPSA) is 30.5 Å². The fourth-order valence-corrected chi connectivity index (χ4v) is 3.32. The van der Waals surface area contributed by atoms with Gasteiger partial charge in [-0.1, -0.05) is 24.3 Å². The van der Waals surface area contributed by atoms with E-state index in [1.54, 1.807) is 7.11 Å². The van der Waals surface area contributed by atoms with Crippen LogP contribution in [0.2, 0.25) is 0 Å². The lowest BCUT2D eigenvalue weighted by Crippen LogP contribution is -2.18. The van der Waals surface area contributed by atoms with E-state index in [1.165, 1.54) is 22.3 Å². The van der Waals surface area contributed by atoms with Crippen LogP contribution in [0.5, 0.6) is 5.75 Å². The molecule has 1 N–H and O–H groups in total. The summed E-state index contributed by atoms with van der Waals surface area (Å²) in [6, 6.07) is 12.9. The zero-order valence-electron chi connectivity index (χ0n) is 12.2. The van der Waals surface area contributed by atoms with Crippen molar-refractivity contribution in [3.63, 3.8) is 0 Å². The maximum atomic E-state index is 5.49. The molecule has 0 saturated heterocycles. The molecule has 3 rings (SSSR count). The molecule has 0 saturated carbocycles. The van der Waals surface area contributed by atoms with Crippen molar-refractivity contribution in [1.82, 2.24) is 5.32 Å². The van der Waals surface area contributed by atoms with Gasteiger partial charge < -0.3 is 14.8 Å². The first-order chi connectivity index (χ1) is 10.2. The van der Waals surface area contributed by atoms with Crippen LogP contribution >= 0.6 is 15.9 Å². The number of fused-ring (bicyclic) bond motifs is 1. The van der Waals surface area contributed by atoms with Crippen LogP contribution in [0.1, 0.15) is 28.3 Å². The molecule has 1 aliphatic rings. The van der Waals surface area contributed by atoms with E-state index < -0.39 is 0 Å². The molecular weight excluding hydrogens is 330 g/mol. The molecule has 0 aliphatic carbocycles. The van der Waals surface area contributed by atoms with Crippen molar-refractivity contribution in [1.29, 1.82) is 0 Å². The first-order valence-electron chi connectivity index (χ1n) is 6.93. The number of methoxy groups -OCH3 is 1. The molecule has 4 heteroatoms. The van der Waals surface area contributed by atoms with Gasteiger partial charge in [-0.25, -0.2) is 0 Å². The Hall–Kier alpha value is -1.36. The van der Waals surface area contributed by atoms with E-state index in [-0.39, 0.29) is 6.04 Å². The minimum atomic E-state index is 0.151. The highest BCUT2D eigenvalue weighted by Gasteiger charge is 2.17. The number of hydrogen-bond acceptors (Lipinski definition) is 3. The first kappa shape index (κ1) is 14.6. The summed E-state index contributed by atoms with van der Waals surface area (Å²) in [6.07, 6.45) is 0. The van der Waals surface area contributed by atoms with Crippen molar-refractivity contribution < 1.29 is 9.47 Å². The Morgan fingerprint density at radius 3 is 2.52 bits per heavy atom. The molecule has 0 spiro atoms. The van der Waals surface area contributed by atoms with Gasteiger partial charge in [0.15, 0.2) is 0 Å².